The minimum Gasteiger partial charge on any atom is -0.254 e. The highest BCUT2D eigenvalue weighted by Gasteiger charge is 2.30. The van der Waals surface area contributed by atoms with E-state index in [-0.39, 0.29) is 5.82 Å². The molecule has 1 radical (unpaired) electrons. The summed E-state index contributed by atoms with van der Waals surface area (Å²) >= 11 is 0. The summed E-state index contributed by atoms with van der Waals surface area (Å²) in [5.41, 5.74) is 0.632. The molecule has 2 nitrogen and oxygen atoms in total. The van der Waals surface area contributed by atoms with Crippen LogP contribution in [0.5, 0.6) is 0 Å². The summed E-state index contributed by atoms with van der Waals surface area (Å²) in [6.07, 6.45) is 9.49. The lowest BCUT2D eigenvalue weighted by atomic mass is 10.3. The Balaban J connectivity index is 2.34. The molecule has 2 rings (SSSR count). The molecule has 1 aromatic rings. The summed E-state index contributed by atoms with van der Waals surface area (Å²) in [5, 5.41) is 3.74. The van der Waals surface area contributed by atoms with E-state index >= 15 is 0 Å². The van der Waals surface area contributed by atoms with Gasteiger partial charge in [0.25, 0.3) is 0 Å². The molecular weight excluding hydrogens is 155 g/mol. The zero-order valence-electron chi connectivity index (χ0n) is 6.55. The summed E-state index contributed by atoms with van der Waals surface area (Å²) < 4.78 is 14.5. The number of aromatic nitrogens is 2. The van der Waals surface area contributed by atoms with E-state index < -0.39 is 0 Å². The molecule has 1 aliphatic rings. The highest BCUT2D eigenvalue weighted by atomic mass is 19.1. The molecule has 1 heterocycles. The van der Waals surface area contributed by atoms with Gasteiger partial charge in [-0.25, -0.2) is 4.39 Å². The number of terminal acetylenes is 1. The first-order valence-corrected chi connectivity index (χ1v) is 3.90. The second kappa shape index (κ2) is 2.63. The average Bonchev–Trinajstić information content (AvgIpc) is 2.80. The van der Waals surface area contributed by atoms with Crippen molar-refractivity contribution >= 4 is 0 Å². The van der Waals surface area contributed by atoms with Crippen LogP contribution in [-0.4, -0.2) is 9.78 Å². The standard InChI is InChI=1S/C9H8FN2/c1-2-5-12-9(7-3-4-7)8(10)6-11-12/h1,7H,3-5H2. The smallest absolute Gasteiger partial charge is 0.174 e. The van der Waals surface area contributed by atoms with Gasteiger partial charge >= 0.3 is 0 Å². The second-order valence-corrected chi connectivity index (χ2v) is 2.95. The Morgan fingerprint density at radius 1 is 1.75 bits per heavy atom. The van der Waals surface area contributed by atoms with Crippen LogP contribution < -0.4 is 0 Å². The third kappa shape index (κ3) is 1.10. The van der Waals surface area contributed by atoms with Crippen molar-refractivity contribution in [1.29, 1.82) is 0 Å². The van der Waals surface area contributed by atoms with E-state index in [4.69, 9.17) is 6.42 Å². The fourth-order valence-corrected chi connectivity index (χ4v) is 1.28. The first-order chi connectivity index (χ1) is 5.83. The number of rotatable bonds is 2. The molecule has 0 spiro atoms. The minimum atomic E-state index is -0.340. The Kier molecular flexibility index (Phi) is 1.61. The van der Waals surface area contributed by atoms with Gasteiger partial charge in [-0.15, -0.1) is 6.42 Å². The molecule has 12 heavy (non-hydrogen) atoms. The lowest BCUT2D eigenvalue weighted by Crippen LogP contribution is -2.03. The lowest BCUT2D eigenvalue weighted by Gasteiger charge is -2.00. The molecule has 61 valence electrons. The number of nitrogens with zero attached hydrogens (tertiary/aromatic N) is 2. The van der Waals surface area contributed by atoms with Crippen molar-refractivity contribution in [1.82, 2.24) is 9.78 Å². The molecule has 0 amide bonds. The van der Waals surface area contributed by atoms with Crippen LogP contribution in [0.15, 0.2) is 0 Å². The Labute approximate surface area is 70.4 Å². The molecule has 1 saturated carbocycles. The maximum atomic E-state index is 13.0. The molecular formula is C9H8FN2. The maximum absolute atomic E-state index is 13.0. The number of hydrogen-bond donors (Lipinski definition) is 0. The monoisotopic (exact) mass is 163 g/mol. The van der Waals surface area contributed by atoms with Gasteiger partial charge in [0.1, 0.15) is 6.54 Å². The molecule has 0 bridgehead atoms. The summed E-state index contributed by atoms with van der Waals surface area (Å²) in [6, 6.07) is 0. The molecule has 0 N–H and O–H groups in total. The van der Waals surface area contributed by atoms with Gasteiger partial charge in [0.05, 0.1) is 5.69 Å². The summed E-state index contributed by atoms with van der Waals surface area (Å²) in [7, 11) is 0. The van der Waals surface area contributed by atoms with E-state index in [1.807, 2.05) is 0 Å². The Hall–Kier alpha value is -1.30. The van der Waals surface area contributed by atoms with E-state index in [0.717, 1.165) is 12.8 Å². The second-order valence-electron chi connectivity index (χ2n) is 2.95. The van der Waals surface area contributed by atoms with Crippen molar-refractivity contribution in [3.63, 3.8) is 0 Å². The van der Waals surface area contributed by atoms with Crippen LogP contribution in [0.2, 0.25) is 0 Å². The fourth-order valence-electron chi connectivity index (χ4n) is 1.28. The zero-order valence-corrected chi connectivity index (χ0v) is 6.55. The maximum Gasteiger partial charge on any atom is 0.174 e. The van der Waals surface area contributed by atoms with Gasteiger partial charge in [0.15, 0.2) is 12.0 Å². The van der Waals surface area contributed by atoms with Crippen molar-refractivity contribution in [2.45, 2.75) is 25.3 Å². The van der Waals surface area contributed by atoms with Crippen LogP contribution in [0.4, 0.5) is 4.39 Å². The van der Waals surface area contributed by atoms with Crippen LogP contribution in [0.25, 0.3) is 0 Å². The van der Waals surface area contributed by atoms with Gasteiger partial charge < -0.3 is 0 Å². The van der Waals surface area contributed by atoms with E-state index in [1.54, 1.807) is 0 Å². The summed E-state index contributed by atoms with van der Waals surface area (Å²) in [4.78, 5) is 0. The highest BCUT2D eigenvalue weighted by molar-refractivity contribution is 5.16. The Morgan fingerprint density at radius 2 is 2.50 bits per heavy atom. The normalized spacial score (nSPS) is 16.0. The van der Waals surface area contributed by atoms with Gasteiger partial charge in [-0.05, 0) is 12.8 Å². The van der Waals surface area contributed by atoms with Gasteiger partial charge in [-0.1, -0.05) is 5.92 Å². The average molecular weight is 163 g/mol. The topological polar surface area (TPSA) is 17.8 Å². The highest BCUT2D eigenvalue weighted by Crippen LogP contribution is 2.40. The number of halogens is 1. The first kappa shape index (κ1) is 7.35. The van der Waals surface area contributed by atoms with Crippen molar-refractivity contribution in [2.24, 2.45) is 0 Å². The summed E-state index contributed by atoms with van der Waals surface area (Å²) in [6.45, 7) is 0.340. The van der Waals surface area contributed by atoms with Crippen molar-refractivity contribution < 1.29 is 4.39 Å². The first-order valence-electron chi connectivity index (χ1n) is 3.90. The van der Waals surface area contributed by atoms with Crippen molar-refractivity contribution in [3.05, 3.63) is 17.7 Å². The molecule has 0 saturated heterocycles. The van der Waals surface area contributed by atoms with Crippen LogP contribution in [0.1, 0.15) is 24.5 Å². The molecule has 1 fully saturated rings. The third-order valence-electron chi connectivity index (χ3n) is 1.98. The molecule has 0 unspecified atom stereocenters. The summed E-state index contributed by atoms with van der Waals surface area (Å²) in [5.74, 6) is 2.42. The Morgan fingerprint density at radius 3 is 3.08 bits per heavy atom. The molecule has 1 aromatic heterocycles. The van der Waals surface area contributed by atoms with E-state index in [9.17, 15) is 4.39 Å². The number of hydrogen-bond acceptors (Lipinski definition) is 1. The molecule has 0 atom stereocenters. The molecule has 0 aromatic carbocycles. The Bertz CT molecular complexity index is 331. The van der Waals surface area contributed by atoms with E-state index in [1.165, 1.54) is 4.68 Å². The lowest BCUT2D eigenvalue weighted by molar-refractivity contribution is 0.589. The minimum absolute atomic E-state index is 0.331. The van der Waals surface area contributed by atoms with E-state index in [0.29, 0.717) is 18.2 Å². The van der Waals surface area contributed by atoms with Gasteiger partial charge in [0, 0.05) is 5.92 Å². The molecule has 1 aliphatic carbocycles. The van der Waals surface area contributed by atoms with Crippen LogP contribution in [-0.2, 0) is 6.54 Å². The van der Waals surface area contributed by atoms with Crippen LogP contribution in [0, 0.1) is 24.4 Å². The largest absolute Gasteiger partial charge is 0.254 e. The predicted octanol–water partition coefficient (Wildman–Crippen LogP) is 1.33. The molecule has 0 aliphatic heterocycles. The quantitative estimate of drug-likeness (QED) is 0.601. The fraction of sp³-hybridized carbons (Fsp3) is 0.444. The molecule has 3 heteroatoms. The van der Waals surface area contributed by atoms with Crippen LogP contribution in [0.3, 0.4) is 0 Å². The van der Waals surface area contributed by atoms with E-state index in [2.05, 4.69) is 17.2 Å². The third-order valence-corrected chi connectivity index (χ3v) is 1.98. The van der Waals surface area contributed by atoms with Crippen molar-refractivity contribution in [2.75, 3.05) is 0 Å². The predicted molar refractivity (Wildman–Crippen MR) is 41.8 cm³/mol. The van der Waals surface area contributed by atoms with Gasteiger partial charge in [-0.2, -0.15) is 5.10 Å². The van der Waals surface area contributed by atoms with Crippen LogP contribution >= 0.6 is 0 Å². The SMILES string of the molecule is C#CCn1n[c]c(F)c1C1CC1. The van der Waals surface area contributed by atoms with Gasteiger partial charge in [-0.3, -0.25) is 4.68 Å². The van der Waals surface area contributed by atoms with Crippen molar-refractivity contribution in [3.8, 4) is 12.3 Å². The van der Waals surface area contributed by atoms with Gasteiger partial charge in [0.2, 0.25) is 0 Å². The zero-order chi connectivity index (χ0) is 8.55.